The van der Waals surface area contributed by atoms with E-state index in [2.05, 4.69) is 62.4 Å². The third kappa shape index (κ3) is 2.67. The van der Waals surface area contributed by atoms with Gasteiger partial charge in [-0.2, -0.15) is 0 Å². The maximum absolute atomic E-state index is 2.26. The topological polar surface area (TPSA) is 0 Å². The highest BCUT2D eigenvalue weighted by Crippen LogP contribution is 2.14. The number of benzene rings is 2. The number of aryl methyl sites for hydroxylation is 2. The number of rotatable bonds is 2. The van der Waals surface area contributed by atoms with E-state index in [9.17, 15) is 0 Å². The zero-order valence-corrected chi connectivity index (χ0v) is 10.1. The van der Waals surface area contributed by atoms with Gasteiger partial charge >= 0.3 is 0 Å². The first-order chi connectivity index (χ1) is 7.25. The van der Waals surface area contributed by atoms with Crippen LogP contribution in [-0.4, -0.2) is 0 Å². The molecule has 2 aromatic rings. The maximum Gasteiger partial charge on any atom is -0.0197 e. The average Bonchev–Trinajstić information content (AvgIpc) is 2.24. The molecule has 0 bridgehead atoms. The second-order valence-electron chi connectivity index (χ2n) is 3.81. The van der Waals surface area contributed by atoms with E-state index in [0.717, 1.165) is 8.58 Å². The van der Waals surface area contributed by atoms with Crippen LogP contribution in [-0.2, 0) is 0 Å². The summed E-state index contributed by atoms with van der Waals surface area (Å²) in [6, 6.07) is 17.4. The molecule has 76 valence electrons. The molecule has 0 aliphatic heterocycles. The fraction of sp³-hybridized carbons (Fsp3) is 0.143. The van der Waals surface area contributed by atoms with Crippen LogP contribution in [0.15, 0.2) is 48.5 Å². The number of hydrogen-bond donors (Lipinski definition) is 0. The summed E-state index contributed by atoms with van der Waals surface area (Å²) in [4.78, 5) is 0. The van der Waals surface area contributed by atoms with Gasteiger partial charge in [0.2, 0.25) is 0 Å². The van der Waals surface area contributed by atoms with Gasteiger partial charge in [0.05, 0.1) is 0 Å². The van der Waals surface area contributed by atoms with Crippen molar-refractivity contribution in [1.82, 2.24) is 0 Å². The van der Waals surface area contributed by atoms with E-state index in [1.807, 2.05) is 0 Å². The molecule has 1 atom stereocenters. The van der Waals surface area contributed by atoms with E-state index < -0.39 is 0 Å². The normalized spacial score (nSPS) is 11.1. The molecule has 0 radical (unpaired) electrons. The van der Waals surface area contributed by atoms with Gasteiger partial charge in [-0.3, -0.25) is 0 Å². The number of hydrogen-bond acceptors (Lipinski definition) is 0. The van der Waals surface area contributed by atoms with Crippen LogP contribution in [0, 0.1) is 13.8 Å². The predicted octanol–water partition coefficient (Wildman–Crippen LogP) is 2.93. The molecule has 0 fully saturated rings. The lowest BCUT2D eigenvalue weighted by molar-refractivity contribution is 1.41. The molecule has 0 heterocycles. The Bertz CT molecular complexity index is 446. The van der Waals surface area contributed by atoms with Gasteiger partial charge in [0.15, 0.2) is 0 Å². The molecule has 15 heavy (non-hydrogen) atoms. The first-order valence-electron chi connectivity index (χ1n) is 5.15. The molecule has 0 spiro atoms. The van der Waals surface area contributed by atoms with Crippen molar-refractivity contribution >= 4 is 19.2 Å². The van der Waals surface area contributed by atoms with Crippen molar-refractivity contribution in [3.63, 3.8) is 0 Å². The van der Waals surface area contributed by atoms with E-state index in [4.69, 9.17) is 0 Å². The Balaban J connectivity index is 2.25. The monoisotopic (exact) mass is 214 g/mol. The second-order valence-corrected chi connectivity index (χ2v) is 5.18. The SMILES string of the molecule is Cc1ccc(Pc2ccccc2)c(C)c1. The first-order valence-corrected chi connectivity index (χ1v) is 6.15. The summed E-state index contributed by atoms with van der Waals surface area (Å²) in [6.07, 6.45) is 0. The molecule has 1 unspecified atom stereocenters. The highest BCUT2D eigenvalue weighted by atomic mass is 31.1. The molecule has 0 aromatic heterocycles. The Morgan fingerprint density at radius 3 is 2.27 bits per heavy atom. The van der Waals surface area contributed by atoms with Crippen molar-refractivity contribution in [3.05, 3.63) is 59.7 Å². The molecule has 0 aliphatic carbocycles. The van der Waals surface area contributed by atoms with E-state index in [0.29, 0.717) is 0 Å². The van der Waals surface area contributed by atoms with E-state index in [-0.39, 0.29) is 0 Å². The molecule has 0 saturated carbocycles. The lowest BCUT2D eigenvalue weighted by Gasteiger charge is -2.06. The Hall–Kier alpha value is -1.13. The third-order valence-electron chi connectivity index (χ3n) is 2.43. The van der Waals surface area contributed by atoms with Crippen LogP contribution in [0.4, 0.5) is 0 Å². The fourth-order valence-electron chi connectivity index (χ4n) is 1.63. The van der Waals surface area contributed by atoms with Crippen molar-refractivity contribution in [2.75, 3.05) is 0 Å². The van der Waals surface area contributed by atoms with Gasteiger partial charge in [0.1, 0.15) is 0 Å². The minimum Gasteiger partial charge on any atom is -0.0622 e. The summed E-state index contributed by atoms with van der Waals surface area (Å²) in [5.41, 5.74) is 2.74. The molecule has 0 aliphatic rings. The van der Waals surface area contributed by atoms with Crippen molar-refractivity contribution in [1.29, 1.82) is 0 Å². The van der Waals surface area contributed by atoms with Gasteiger partial charge in [0.25, 0.3) is 0 Å². The zero-order valence-electron chi connectivity index (χ0n) is 9.12. The quantitative estimate of drug-likeness (QED) is 0.674. The van der Waals surface area contributed by atoms with Crippen LogP contribution in [0.25, 0.3) is 0 Å². The predicted molar refractivity (Wildman–Crippen MR) is 69.9 cm³/mol. The maximum atomic E-state index is 2.26. The van der Waals surface area contributed by atoms with E-state index in [1.165, 1.54) is 21.7 Å². The average molecular weight is 214 g/mol. The summed E-state index contributed by atoms with van der Waals surface area (Å²) in [7, 11) is 0.772. The lowest BCUT2D eigenvalue weighted by Crippen LogP contribution is -2.06. The Kier molecular flexibility index (Phi) is 3.18. The van der Waals surface area contributed by atoms with E-state index in [1.54, 1.807) is 0 Å². The van der Waals surface area contributed by atoms with Gasteiger partial charge in [0, 0.05) is 0 Å². The molecule has 0 saturated heterocycles. The zero-order chi connectivity index (χ0) is 10.7. The van der Waals surface area contributed by atoms with Crippen LogP contribution in [0.1, 0.15) is 11.1 Å². The Morgan fingerprint density at radius 2 is 1.60 bits per heavy atom. The van der Waals surface area contributed by atoms with Gasteiger partial charge in [-0.25, -0.2) is 0 Å². The van der Waals surface area contributed by atoms with Crippen molar-refractivity contribution in [2.45, 2.75) is 13.8 Å². The minimum atomic E-state index is 0.772. The van der Waals surface area contributed by atoms with Crippen LogP contribution in [0.3, 0.4) is 0 Å². The van der Waals surface area contributed by atoms with Crippen LogP contribution >= 0.6 is 8.58 Å². The highest BCUT2D eigenvalue weighted by molar-refractivity contribution is 7.55. The highest BCUT2D eigenvalue weighted by Gasteiger charge is 1.99. The fourth-order valence-corrected chi connectivity index (χ4v) is 2.74. The van der Waals surface area contributed by atoms with Crippen LogP contribution in [0.2, 0.25) is 0 Å². The Morgan fingerprint density at radius 1 is 0.867 bits per heavy atom. The summed E-state index contributed by atoms with van der Waals surface area (Å²) in [5.74, 6) is 0. The van der Waals surface area contributed by atoms with Crippen molar-refractivity contribution in [2.24, 2.45) is 0 Å². The van der Waals surface area contributed by atoms with Gasteiger partial charge in [-0.05, 0) is 30.0 Å². The molecule has 0 amide bonds. The van der Waals surface area contributed by atoms with Crippen molar-refractivity contribution < 1.29 is 0 Å². The van der Waals surface area contributed by atoms with Gasteiger partial charge in [-0.15, -0.1) is 0 Å². The van der Waals surface area contributed by atoms with Crippen LogP contribution < -0.4 is 10.6 Å². The summed E-state index contributed by atoms with van der Waals surface area (Å²) in [6.45, 7) is 4.33. The molecular weight excluding hydrogens is 199 g/mol. The van der Waals surface area contributed by atoms with Gasteiger partial charge in [-0.1, -0.05) is 62.7 Å². The molecule has 2 rings (SSSR count). The molecule has 1 heteroatoms. The molecule has 2 aromatic carbocycles. The van der Waals surface area contributed by atoms with Crippen LogP contribution in [0.5, 0.6) is 0 Å². The standard InChI is InChI=1S/C14H15P/c1-11-8-9-14(12(2)10-11)15-13-6-4-3-5-7-13/h3-10,15H,1-2H3. The second kappa shape index (κ2) is 4.59. The Labute approximate surface area is 93.1 Å². The minimum absolute atomic E-state index is 0.772. The summed E-state index contributed by atoms with van der Waals surface area (Å²) >= 11 is 0. The van der Waals surface area contributed by atoms with Gasteiger partial charge < -0.3 is 0 Å². The molecule has 0 nitrogen and oxygen atoms in total. The largest absolute Gasteiger partial charge is 0.0622 e. The lowest BCUT2D eigenvalue weighted by atomic mass is 10.2. The first kappa shape index (κ1) is 10.4. The summed E-state index contributed by atoms with van der Waals surface area (Å²) in [5, 5.41) is 2.86. The summed E-state index contributed by atoms with van der Waals surface area (Å²) < 4.78 is 0. The molecular formula is C14H15P. The third-order valence-corrected chi connectivity index (χ3v) is 3.89. The smallest absolute Gasteiger partial charge is 0.0197 e. The van der Waals surface area contributed by atoms with E-state index >= 15 is 0 Å². The van der Waals surface area contributed by atoms with Crippen molar-refractivity contribution in [3.8, 4) is 0 Å². The molecule has 0 N–H and O–H groups in total.